The lowest BCUT2D eigenvalue weighted by Crippen LogP contribution is -2.37. The predicted molar refractivity (Wildman–Crippen MR) is 108 cm³/mol. The van der Waals surface area contributed by atoms with Crippen molar-refractivity contribution in [3.8, 4) is 0 Å². The summed E-state index contributed by atoms with van der Waals surface area (Å²) in [5.41, 5.74) is 0.334. The van der Waals surface area contributed by atoms with E-state index in [-0.39, 0.29) is 33.1 Å². The van der Waals surface area contributed by atoms with E-state index in [2.05, 4.69) is 17.0 Å². The molecule has 5 nitrogen and oxygen atoms in total. The summed E-state index contributed by atoms with van der Waals surface area (Å²) in [4.78, 5) is 12.5. The number of hydrogen-bond donors (Lipinski definition) is 2. The van der Waals surface area contributed by atoms with Crippen molar-refractivity contribution in [3.63, 3.8) is 0 Å². The van der Waals surface area contributed by atoms with Crippen LogP contribution in [-0.4, -0.2) is 20.4 Å². The Hall–Kier alpha value is -2.12. The third-order valence-corrected chi connectivity index (χ3v) is 6.65. The molecule has 150 valence electrons. The fourth-order valence-electron chi connectivity index (χ4n) is 3.25. The number of carbonyl (C=O) groups excluding carboxylic acids is 1. The summed E-state index contributed by atoms with van der Waals surface area (Å²) in [6.45, 7) is 2.19. The molecule has 3 rings (SSSR count). The van der Waals surface area contributed by atoms with E-state index in [9.17, 15) is 17.6 Å². The Morgan fingerprint density at radius 2 is 1.71 bits per heavy atom. The van der Waals surface area contributed by atoms with Crippen LogP contribution >= 0.6 is 11.6 Å². The molecule has 0 unspecified atom stereocenters. The minimum Gasteiger partial charge on any atom is -0.349 e. The number of rotatable bonds is 5. The molecule has 1 amide bonds. The summed E-state index contributed by atoms with van der Waals surface area (Å²) in [5.74, 6) is -0.198. The summed E-state index contributed by atoms with van der Waals surface area (Å²) in [7, 11) is -3.95. The van der Waals surface area contributed by atoms with E-state index in [4.69, 9.17) is 11.6 Å². The van der Waals surface area contributed by atoms with Crippen molar-refractivity contribution in [2.45, 2.75) is 43.5 Å². The molecule has 2 N–H and O–H groups in total. The van der Waals surface area contributed by atoms with Crippen molar-refractivity contribution in [1.29, 1.82) is 0 Å². The van der Waals surface area contributed by atoms with Gasteiger partial charge < -0.3 is 5.32 Å². The first-order valence-corrected chi connectivity index (χ1v) is 11.0. The van der Waals surface area contributed by atoms with Crippen molar-refractivity contribution in [2.75, 3.05) is 4.72 Å². The Morgan fingerprint density at radius 1 is 1.07 bits per heavy atom. The maximum atomic E-state index is 13.0. The van der Waals surface area contributed by atoms with Crippen LogP contribution in [0.15, 0.2) is 47.4 Å². The van der Waals surface area contributed by atoms with Crippen molar-refractivity contribution in [2.24, 2.45) is 5.92 Å². The Bertz CT molecular complexity index is 956. The van der Waals surface area contributed by atoms with Crippen LogP contribution in [0, 0.1) is 11.7 Å². The summed E-state index contributed by atoms with van der Waals surface area (Å²) < 4.78 is 40.6. The Kier molecular flexibility index (Phi) is 6.25. The molecule has 0 bridgehead atoms. The number of anilines is 1. The molecular weight excluding hydrogens is 403 g/mol. The molecular formula is C20H22ClFN2O3S. The second-order valence-corrected chi connectivity index (χ2v) is 9.27. The summed E-state index contributed by atoms with van der Waals surface area (Å²) >= 11 is 6.14. The van der Waals surface area contributed by atoms with Gasteiger partial charge in [0, 0.05) is 11.7 Å². The van der Waals surface area contributed by atoms with Gasteiger partial charge in [0.2, 0.25) is 0 Å². The number of nitrogens with one attached hydrogen (secondary N) is 2. The van der Waals surface area contributed by atoms with Gasteiger partial charge in [0.1, 0.15) is 5.82 Å². The Morgan fingerprint density at radius 3 is 2.36 bits per heavy atom. The molecule has 0 saturated heterocycles. The average molecular weight is 425 g/mol. The minimum atomic E-state index is -3.95. The van der Waals surface area contributed by atoms with Crippen LogP contribution in [0.5, 0.6) is 0 Å². The number of hydrogen-bond acceptors (Lipinski definition) is 3. The van der Waals surface area contributed by atoms with Crippen LogP contribution < -0.4 is 10.0 Å². The Labute approximate surface area is 169 Å². The molecule has 1 saturated carbocycles. The molecule has 8 heteroatoms. The minimum absolute atomic E-state index is 0.0670. The van der Waals surface area contributed by atoms with Crippen molar-refractivity contribution < 1.29 is 17.6 Å². The number of sulfonamides is 1. The molecule has 1 aliphatic rings. The first kappa shape index (κ1) is 20.6. The lowest BCUT2D eigenvalue weighted by Gasteiger charge is -2.27. The molecule has 0 atom stereocenters. The summed E-state index contributed by atoms with van der Waals surface area (Å²) in [6.07, 6.45) is 3.90. The number of amides is 1. The molecule has 0 heterocycles. The van der Waals surface area contributed by atoms with E-state index in [0.717, 1.165) is 37.8 Å². The first-order chi connectivity index (χ1) is 13.2. The van der Waals surface area contributed by atoms with Gasteiger partial charge in [-0.1, -0.05) is 18.5 Å². The van der Waals surface area contributed by atoms with Crippen LogP contribution in [0.3, 0.4) is 0 Å². The van der Waals surface area contributed by atoms with Gasteiger partial charge in [-0.15, -0.1) is 0 Å². The van der Waals surface area contributed by atoms with Crippen molar-refractivity contribution in [3.05, 3.63) is 58.9 Å². The SMILES string of the molecule is CC1CCC(NC(=O)c2cc(S(=O)(=O)Nc3ccc(F)cc3)ccc2Cl)CC1. The van der Waals surface area contributed by atoms with Gasteiger partial charge in [-0.05, 0) is 74.1 Å². The lowest BCUT2D eigenvalue weighted by molar-refractivity contribution is 0.0923. The highest BCUT2D eigenvalue weighted by molar-refractivity contribution is 7.92. The van der Waals surface area contributed by atoms with E-state index >= 15 is 0 Å². The van der Waals surface area contributed by atoms with Gasteiger partial charge in [0.05, 0.1) is 15.5 Å². The topological polar surface area (TPSA) is 75.3 Å². The zero-order valence-electron chi connectivity index (χ0n) is 15.4. The fourth-order valence-corrected chi connectivity index (χ4v) is 4.53. The fraction of sp³-hybridized carbons (Fsp3) is 0.350. The highest BCUT2D eigenvalue weighted by atomic mass is 35.5. The smallest absolute Gasteiger partial charge is 0.261 e. The van der Waals surface area contributed by atoms with Gasteiger partial charge in [0.25, 0.3) is 15.9 Å². The third kappa shape index (κ3) is 5.02. The van der Waals surface area contributed by atoms with Crippen molar-refractivity contribution >= 4 is 33.2 Å². The molecule has 1 fully saturated rings. The predicted octanol–water partition coefficient (Wildman–Crippen LogP) is 4.59. The number of carbonyl (C=O) groups is 1. The largest absolute Gasteiger partial charge is 0.349 e. The van der Waals surface area contributed by atoms with Crippen LogP contribution in [-0.2, 0) is 10.0 Å². The lowest BCUT2D eigenvalue weighted by atomic mass is 9.87. The highest BCUT2D eigenvalue weighted by Crippen LogP contribution is 2.26. The quantitative estimate of drug-likeness (QED) is 0.737. The standard InChI is InChI=1S/C20H22ClFN2O3S/c1-13-2-6-15(7-3-13)23-20(25)18-12-17(10-11-19(18)21)28(26,27)24-16-8-4-14(22)5-9-16/h4-5,8-13,15,24H,2-3,6-7H2,1H3,(H,23,25). The molecule has 0 aliphatic heterocycles. The van der Waals surface area contributed by atoms with E-state index in [0.29, 0.717) is 5.92 Å². The van der Waals surface area contributed by atoms with E-state index in [1.165, 1.54) is 30.3 Å². The second-order valence-electron chi connectivity index (χ2n) is 7.18. The van der Waals surface area contributed by atoms with Gasteiger partial charge in [-0.25, -0.2) is 12.8 Å². The normalized spacial score (nSPS) is 19.8. The number of benzene rings is 2. The van der Waals surface area contributed by atoms with Gasteiger partial charge in [-0.2, -0.15) is 0 Å². The molecule has 0 radical (unpaired) electrons. The highest BCUT2D eigenvalue weighted by Gasteiger charge is 2.23. The summed E-state index contributed by atoms with van der Waals surface area (Å²) in [5, 5.41) is 3.13. The molecule has 0 spiro atoms. The molecule has 28 heavy (non-hydrogen) atoms. The summed E-state index contributed by atoms with van der Waals surface area (Å²) in [6, 6.07) is 8.99. The second kappa shape index (κ2) is 8.49. The van der Waals surface area contributed by atoms with Gasteiger partial charge >= 0.3 is 0 Å². The van der Waals surface area contributed by atoms with E-state index < -0.39 is 15.8 Å². The number of halogens is 2. The Balaban J connectivity index is 1.78. The molecule has 2 aromatic rings. The first-order valence-electron chi connectivity index (χ1n) is 9.13. The maximum Gasteiger partial charge on any atom is 0.261 e. The third-order valence-electron chi connectivity index (χ3n) is 4.94. The van der Waals surface area contributed by atoms with Crippen molar-refractivity contribution in [1.82, 2.24) is 5.32 Å². The van der Waals surface area contributed by atoms with E-state index in [1.807, 2.05) is 0 Å². The average Bonchev–Trinajstić information content (AvgIpc) is 2.65. The molecule has 2 aromatic carbocycles. The van der Waals surface area contributed by atoms with Crippen LogP contribution in [0.1, 0.15) is 43.0 Å². The van der Waals surface area contributed by atoms with Gasteiger partial charge in [0.15, 0.2) is 0 Å². The van der Waals surface area contributed by atoms with E-state index in [1.54, 1.807) is 0 Å². The zero-order chi connectivity index (χ0) is 20.3. The molecule has 0 aromatic heterocycles. The van der Waals surface area contributed by atoms with Crippen LogP contribution in [0.2, 0.25) is 5.02 Å². The van der Waals surface area contributed by atoms with Crippen LogP contribution in [0.4, 0.5) is 10.1 Å². The molecule has 1 aliphatic carbocycles. The zero-order valence-corrected chi connectivity index (χ0v) is 17.0. The van der Waals surface area contributed by atoms with Crippen LogP contribution in [0.25, 0.3) is 0 Å². The maximum absolute atomic E-state index is 13.0. The van der Waals surface area contributed by atoms with Gasteiger partial charge in [-0.3, -0.25) is 9.52 Å². The monoisotopic (exact) mass is 424 g/mol.